The predicted molar refractivity (Wildman–Crippen MR) is 66.6 cm³/mol. The van der Waals surface area contributed by atoms with E-state index in [0.717, 1.165) is 25.4 Å². The molecule has 0 aliphatic carbocycles. The molecule has 0 aliphatic rings. The topological polar surface area (TPSA) is 26.3 Å². The maximum atomic E-state index is 11.6. The average molecular weight is 289 g/mol. The molecular weight excluding hydrogens is 263 g/mol. The van der Waals surface area contributed by atoms with Crippen molar-refractivity contribution in [3.63, 3.8) is 0 Å². The molecule has 0 spiro atoms. The standard InChI is InChI=1S/C12H26O2P.Fe/c1-4-7-9-12(6-3)11-15(13)14-10-8-5-2;/h12H,4-11H2,1-3H3;/q+1;+3. The van der Waals surface area contributed by atoms with Gasteiger partial charge in [-0.3, -0.25) is 0 Å². The van der Waals surface area contributed by atoms with E-state index in [-0.39, 0.29) is 17.1 Å². The van der Waals surface area contributed by atoms with Crippen LogP contribution in [-0.2, 0) is 26.2 Å². The van der Waals surface area contributed by atoms with Crippen molar-refractivity contribution in [2.24, 2.45) is 5.92 Å². The van der Waals surface area contributed by atoms with E-state index in [9.17, 15) is 4.57 Å². The maximum absolute atomic E-state index is 11.6. The molecule has 2 atom stereocenters. The molecule has 0 aromatic heterocycles. The number of rotatable bonds is 10. The molecule has 0 aromatic rings. The van der Waals surface area contributed by atoms with Crippen LogP contribution in [0.3, 0.4) is 0 Å². The Kier molecular flexibility index (Phi) is 16.1. The zero-order valence-electron chi connectivity index (χ0n) is 10.9. The molecule has 0 bridgehead atoms. The summed E-state index contributed by atoms with van der Waals surface area (Å²) in [7, 11) is -1.40. The van der Waals surface area contributed by atoms with E-state index in [1.54, 1.807) is 0 Å². The summed E-state index contributed by atoms with van der Waals surface area (Å²) in [6, 6.07) is 0. The summed E-state index contributed by atoms with van der Waals surface area (Å²) in [5.41, 5.74) is 0. The van der Waals surface area contributed by atoms with Crippen LogP contribution in [0.4, 0.5) is 0 Å². The largest absolute Gasteiger partial charge is 3.00 e. The fourth-order valence-corrected chi connectivity index (χ4v) is 2.79. The third-order valence-electron chi connectivity index (χ3n) is 2.68. The van der Waals surface area contributed by atoms with Crippen LogP contribution in [0.25, 0.3) is 0 Å². The molecule has 0 rings (SSSR count). The van der Waals surface area contributed by atoms with Crippen LogP contribution in [0.5, 0.6) is 0 Å². The molecule has 1 radical (unpaired) electrons. The smallest absolute Gasteiger partial charge is 0.146 e. The van der Waals surface area contributed by atoms with E-state index >= 15 is 0 Å². The molecule has 2 unspecified atom stereocenters. The number of hydrogen-bond donors (Lipinski definition) is 0. The minimum Gasteiger partial charge on any atom is -0.146 e. The molecule has 2 nitrogen and oxygen atoms in total. The van der Waals surface area contributed by atoms with Crippen LogP contribution in [0, 0.1) is 5.92 Å². The first kappa shape index (κ1) is 18.9. The first-order valence-electron chi connectivity index (χ1n) is 6.32. The van der Waals surface area contributed by atoms with Gasteiger partial charge in [0, 0.05) is 5.92 Å². The molecular formula is C12H26FeO2P+4. The first-order chi connectivity index (χ1) is 7.24. The van der Waals surface area contributed by atoms with E-state index in [4.69, 9.17) is 4.52 Å². The summed E-state index contributed by atoms with van der Waals surface area (Å²) in [5, 5.41) is 0. The third-order valence-corrected chi connectivity index (χ3v) is 3.97. The zero-order chi connectivity index (χ0) is 11.5. The van der Waals surface area contributed by atoms with Crippen LogP contribution in [0.1, 0.15) is 59.3 Å². The normalized spacial score (nSPS) is 13.1. The Bertz CT molecular complexity index is 165. The zero-order valence-corrected chi connectivity index (χ0v) is 12.9. The fourth-order valence-electron chi connectivity index (χ4n) is 1.49. The molecule has 0 N–H and O–H groups in total. The molecule has 16 heavy (non-hydrogen) atoms. The second-order valence-corrected chi connectivity index (χ2v) is 5.41. The fraction of sp³-hybridized carbons (Fsp3) is 1.00. The van der Waals surface area contributed by atoms with E-state index in [2.05, 4.69) is 20.8 Å². The van der Waals surface area contributed by atoms with Crippen molar-refractivity contribution in [1.29, 1.82) is 0 Å². The molecule has 0 aromatic carbocycles. The van der Waals surface area contributed by atoms with E-state index in [0.29, 0.717) is 12.5 Å². The van der Waals surface area contributed by atoms with E-state index in [1.807, 2.05) is 0 Å². The van der Waals surface area contributed by atoms with Crippen molar-refractivity contribution in [2.45, 2.75) is 59.3 Å². The quantitative estimate of drug-likeness (QED) is 0.329. The summed E-state index contributed by atoms with van der Waals surface area (Å²) in [4.78, 5) is 0. The van der Waals surface area contributed by atoms with Crippen LogP contribution < -0.4 is 0 Å². The molecule has 0 heterocycles. The summed E-state index contributed by atoms with van der Waals surface area (Å²) in [6.07, 6.45) is 7.68. The first-order valence-corrected chi connectivity index (χ1v) is 7.68. The van der Waals surface area contributed by atoms with Crippen molar-refractivity contribution in [2.75, 3.05) is 12.8 Å². The van der Waals surface area contributed by atoms with Gasteiger partial charge in [0.1, 0.15) is 6.61 Å². The van der Waals surface area contributed by atoms with Gasteiger partial charge in [0.15, 0.2) is 6.16 Å². The van der Waals surface area contributed by atoms with Gasteiger partial charge in [0.2, 0.25) is 0 Å². The predicted octanol–water partition coefficient (Wildman–Crippen LogP) is 4.76. The van der Waals surface area contributed by atoms with Gasteiger partial charge >= 0.3 is 25.1 Å². The van der Waals surface area contributed by atoms with Gasteiger partial charge in [-0.1, -0.05) is 40.0 Å². The number of unbranched alkanes of at least 4 members (excludes halogenated alkanes) is 2. The Morgan fingerprint density at radius 3 is 2.25 bits per heavy atom. The van der Waals surface area contributed by atoms with Gasteiger partial charge in [-0.15, -0.1) is 4.52 Å². The Balaban J connectivity index is 0. The number of hydrogen-bond acceptors (Lipinski definition) is 2. The van der Waals surface area contributed by atoms with Crippen molar-refractivity contribution < 1.29 is 26.2 Å². The average Bonchev–Trinajstić information content (AvgIpc) is 2.24. The molecule has 0 saturated heterocycles. The Hall–Kier alpha value is 0.579. The van der Waals surface area contributed by atoms with Crippen molar-refractivity contribution in [1.82, 2.24) is 0 Å². The minimum atomic E-state index is -1.40. The molecule has 95 valence electrons. The van der Waals surface area contributed by atoms with Crippen LogP contribution in [-0.4, -0.2) is 12.8 Å². The van der Waals surface area contributed by atoms with Crippen LogP contribution in [0.15, 0.2) is 0 Å². The minimum absolute atomic E-state index is 0. The van der Waals surface area contributed by atoms with Crippen molar-refractivity contribution >= 4 is 8.03 Å². The SMILES string of the molecule is CCCCO[P+](=O)CC(CC)CCCC.[Fe+3]. The summed E-state index contributed by atoms with van der Waals surface area (Å²) in [5.74, 6) is 0.593. The molecule has 4 heteroatoms. The van der Waals surface area contributed by atoms with Gasteiger partial charge < -0.3 is 0 Å². The van der Waals surface area contributed by atoms with Crippen LogP contribution in [0.2, 0.25) is 0 Å². The van der Waals surface area contributed by atoms with E-state index < -0.39 is 8.03 Å². The Morgan fingerprint density at radius 1 is 1.12 bits per heavy atom. The monoisotopic (exact) mass is 289 g/mol. The second kappa shape index (κ2) is 13.6. The Labute approximate surface area is 112 Å². The summed E-state index contributed by atoms with van der Waals surface area (Å²) < 4.78 is 16.9. The van der Waals surface area contributed by atoms with E-state index in [1.165, 1.54) is 19.3 Å². The van der Waals surface area contributed by atoms with Gasteiger partial charge in [0.25, 0.3) is 0 Å². The van der Waals surface area contributed by atoms with Gasteiger partial charge in [-0.25, -0.2) is 0 Å². The Morgan fingerprint density at radius 2 is 1.75 bits per heavy atom. The van der Waals surface area contributed by atoms with Crippen LogP contribution >= 0.6 is 8.03 Å². The molecule has 0 amide bonds. The van der Waals surface area contributed by atoms with Crippen molar-refractivity contribution in [3.05, 3.63) is 0 Å². The summed E-state index contributed by atoms with van der Waals surface area (Å²) in [6.45, 7) is 7.16. The molecule has 0 fully saturated rings. The molecule has 0 aliphatic heterocycles. The summed E-state index contributed by atoms with van der Waals surface area (Å²) >= 11 is 0. The van der Waals surface area contributed by atoms with Crippen molar-refractivity contribution in [3.8, 4) is 0 Å². The van der Waals surface area contributed by atoms with Gasteiger partial charge in [-0.05, 0) is 23.8 Å². The third kappa shape index (κ3) is 11.1. The molecule has 0 saturated carbocycles. The maximum Gasteiger partial charge on any atom is 3.00 e. The van der Waals surface area contributed by atoms with Gasteiger partial charge in [0.05, 0.1) is 0 Å². The second-order valence-electron chi connectivity index (χ2n) is 4.12. The van der Waals surface area contributed by atoms with Gasteiger partial charge in [-0.2, -0.15) is 0 Å².